The average Bonchev–Trinajstić information content (AvgIpc) is 2.39. The Morgan fingerprint density at radius 2 is 1.75 bits per heavy atom. The predicted molar refractivity (Wildman–Crippen MR) is 80.0 cm³/mol. The summed E-state index contributed by atoms with van der Waals surface area (Å²) in [6, 6.07) is 9.17. The van der Waals surface area contributed by atoms with Crippen molar-refractivity contribution in [1.29, 1.82) is 0 Å². The maximum atomic E-state index is 13.3. The number of halogens is 4. The van der Waals surface area contributed by atoms with Crippen LogP contribution in [0.5, 0.6) is 0 Å². The van der Waals surface area contributed by atoms with Crippen LogP contribution in [0.25, 0.3) is 22.3 Å². The largest absolute Gasteiger partial charge is 0.226 e. The molecule has 0 saturated heterocycles. The molecule has 1 heterocycles. The van der Waals surface area contributed by atoms with Crippen molar-refractivity contribution in [3.8, 4) is 11.4 Å². The van der Waals surface area contributed by atoms with E-state index in [0.29, 0.717) is 32.3 Å². The molecule has 0 aliphatic heterocycles. The molecule has 0 amide bonds. The van der Waals surface area contributed by atoms with Gasteiger partial charge in [0.15, 0.2) is 5.82 Å². The molecule has 0 aliphatic rings. The first-order valence-corrected chi connectivity index (χ1v) is 6.76. The van der Waals surface area contributed by atoms with Crippen molar-refractivity contribution in [2.24, 2.45) is 0 Å². The van der Waals surface area contributed by atoms with Gasteiger partial charge in [-0.2, -0.15) is 0 Å². The van der Waals surface area contributed by atoms with E-state index in [9.17, 15) is 4.39 Å². The second kappa shape index (κ2) is 5.17. The molecule has 0 fully saturated rings. The molecule has 6 heteroatoms. The zero-order valence-corrected chi connectivity index (χ0v) is 12.1. The molecule has 3 aromatic rings. The molecule has 0 saturated carbocycles. The molecule has 0 spiro atoms. The molecule has 0 atom stereocenters. The van der Waals surface area contributed by atoms with E-state index in [4.69, 9.17) is 34.8 Å². The Kier molecular flexibility index (Phi) is 3.50. The minimum Gasteiger partial charge on any atom is -0.226 e. The summed E-state index contributed by atoms with van der Waals surface area (Å²) in [5, 5.41) is 1.60. The predicted octanol–water partition coefficient (Wildman–Crippen LogP) is 5.40. The van der Waals surface area contributed by atoms with Crippen LogP contribution >= 0.6 is 34.8 Å². The number of fused-ring (bicyclic) bond motifs is 1. The molecule has 0 aliphatic carbocycles. The Bertz CT molecular complexity index is 821. The van der Waals surface area contributed by atoms with Gasteiger partial charge in [0.25, 0.3) is 0 Å². The number of aromatic nitrogens is 2. The summed E-state index contributed by atoms with van der Waals surface area (Å²) in [5.74, 6) is -0.0595. The Labute approximate surface area is 129 Å². The highest BCUT2D eigenvalue weighted by molar-refractivity contribution is 6.41. The fourth-order valence-corrected chi connectivity index (χ4v) is 2.64. The molecule has 20 heavy (non-hydrogen) atoms. The molecular formula is C14H6Cl3FN2. The van der Waals surface area contributed by atoms with E-state index in [1.807, 2.05) is 0 Å². The SMILES string of the molecule is Fc1cccc(-c2nc(Cl)c3cc(Cl)cc(Cl)c3n2)c1. The van der Waals surface area contributed by atoms with Crippen LogP contribution in [0.4, 0.5) is 4.39 Å². The topological polar surface area (TPSA) is 25.8 Å². The van der Waals surface area contributed by atoms with Gasteiger partial charge in [-0.15, -0.1) is 0 Å². The van der Waals surface area contributed by atoms with Gasteiger partial charge in [0.05, 0.1) is 10.5 Å². The van der Waals surface area contributed by atoms with Crippen LogP contribution in [0.2, 0.25) is 15.2 Å². The van der Waals surface area contributed by atoms with Crippen molar-refractivity contribution in [3.05, 3.63) is 57.4 Å². The van der Waals surface area contributed by atoms with Gasteiger partial charge >= 0.3 is 0 Å². The van der Waals surface area contributed by atoms with Crippen molar-refractivity contribution in [3.63, 3.8) is 0 Å². The van der Waals surface area contributed by atoms with Gasteiger partial charge in [-0.25, -0.2) is 14.4 Å². The third-order valence-electron chi connectivity index (χ3n) is 2.76. The second-order valence-corrected chi connectivity index (χ2v) is 5.33. The number of benzene rings is 2. The van der Waals surface area contributed by atoms with Crippen LogP contribution in [-0.2, 0) is 0 Å². The number of hydrogen-bond donors (Lipinski definition) is 0. The molecule has 2 aromatic carbocycles. The molecule has 3 rings (SSSR count). The summed E-state index contributed by atoms with van der Waals surface area (Å²) in [4.78, 5) is 8.50. The van der Waals surface area contributed by atoms with Crippen molar-refractivity contribution in [2.45, 2.75) is 0 Å². The smallest absolute Gasteiger partial charge is 0.161 e. The van der Waals surface area contributed by atoms with Gasteiger partial charge in [0.2, 0.25) is 0 Å². The van der Waals surface area contributed by atoms with Crippen LogP contribution in [0, 0.1) is 5.82 Å². The first kappa shape index (κ1) is 13.6. The normalized spacial score (nSPS) is 11.0. The Morgan fingerprint density at radius 3 is 2.50 bits per heavy atom. The monoisotopic (exact) mass is 326 g/mol. The van der Waals surface area contributed by atoms with Crippen LogP contribution in [0.15, 0.2) is 36.4 Å². The second-order valence-electron chi connectivity index (χ2n) is 4.13. The fourth-order valence-electron chi connectivity index (χ4n) is 1.88. The van der Waals surface area contributed by atoms with E-state index in [1.165, 1.54) is 12.1 Å². The maximum absolute atomic E-state index is 13.3. The van der Waals surface area contributed by atoms with Gasteiger partial charge in [-0.1, -0.05) is 46.9 Å². The molecule has 0 N–H and O–H groups in total. The lowest BCUT2D eigenvalue weighted by atomic mass is 10.2. The first-order valence-electron chi connectivity index (χ1n) is 5.63. The summed E-state index contributed by atoms with van der Waals surface area (Å²) in [5.41, 5.74) is 1.01. The molecule has 0 bridgehead atoms. The zero-order valence-electron chi connectivity index (χ0n) is 9.87. The summed E-state index contributed by atoms with van der Waals surface area (Å²) in [6.07, 6.45) is 0. The molecular weight excluding hydrogens is 322 g/mol. The number of hydrogen-bond acceptors (Lipinski definition) is 2. The highest BCUT2D eigenvalue weighted by Crippen LogP contribution is 2.32. The van der Waals surface area contributed by atoms with Gasteiger partial charge in [0, 0.05) is 16.0 Å². The highest BCUT2D eigenvalue weighted by atomic mass is 35.5. The van der Waals surface area contributed by atoms with E-state index in [-0.39, 0.29) is 11.0 Å². The zero-order chi connectivity index (χ0) is 14.3. The minimum absolute atomic E-state index is 0.221. The lowest BCUT2D eigenvalue weighted by Gasteiger charge is -2.06. The average molecular weight is 328 g/mol. The molecule has 0 radical (unpaired) electrons. The first-order chi connectivity index (χ1) is 9.54. The molecule has 2 nitrogen and oxygen atoms in total. The summed E-state index contributed by atoms with van der Waals surface area (Å²) >= 11 is 18.2. The molecule has 100 valence electrons. The Morgan fingerprint density at radius 1 is 0.950 bits per heavy atom. The van der Waals surface area contributed by atoms with E-state index >= 15 is 0 Å². The number of nitrogens with zero attached hydrogens (tertiary/aromatic N) is 2. The van der Waals surface area contributed by atoms with Crippen LogP contribution < -0.4 is 0 Å². The van der Waals surface area contributed by atoms with Crippen molar-refractivity contribution < 1.29 is 4.39 Å². The van der Waals surface area contributed by atoms with E-state index in [2.05, 4.69) is 9.97 Å². The van der Waals surface area contributed by atoms with Crippen molar-refractivity contribution in [2.75, 3.05) is 0 Å². The third-order valence-corrected chi connectivity index (χ3v) is 3.55. The summed E-state index contributed by atoms with van der Waals surface area (Å²) in [7, 11) is 0. The lowest BCUT2D eigenvalue weighted by molar-refractivity contribution is 0.628. The molecule has 1 aromatic heterocycles. The van der Waals surface area contributed by atoms with E-state index in [0.717, 1.165) is 0 Å². The van der Waals surface area contributed by atoms with Gasteiger partial charge in [-0.05, 0) is 24.3 Å². The van der Waals surface area contributed by atoms with Crippen molar-refractivity contribution in [1.82, 2.24) is 9.97 Å². The summed E-state index contributed by atoms with van der Waals surface area (Å²) < 4.78 is 13.3. The van der Waals surface area contributed by atoms with Crippen LogP contribution in [0.3, 0.4) is 0 Å². The fraction of sp³-hybridized carbons (Fsp3) is 0. The van der Waals surface area contributed by atoms with Crippen LogP contribution in [0.1, 0.15) is 0 Å². The van der Waals surface area contributed by atoms with Gasteiger partial charge in [0.1, 0.15) is 11.0 Å². The van der Waals surface area contributed by atoms with E-state index in [1.54, 1.807) is 24.3 Å². The number of rotatable bonds is 1. The summed E-state index contributed by atoms with van der Waals surface area (Å²) in [6.45, 7) is 0. The quantitative estimate of drug-likeness (QED) is 0.560. The third kappa shape index (κ3) is 2.44. The maximum Gasteiger partial charge on any atom is 0.161 e. The Hall–Kier alpha value is -1.42. The van der Waals surface area contributed by atoms with Gasteiger partial charge in [-0.3, -0.25) is 0 Å². The lowest BCUT2D eigenvalue weighted by Crippen LogP contribution is -1.93. The Balaban J connectivity index is 2.29. The standard InChI is InChI=1S/C14H6Cl3FN2/c15-8-5-10-12(11(16)6-8)19-14(20-13(10)17)7-2-1-3-9(18)4-7/h1-6H. The van der Waals surface area contributed by atoms with Crippen molar-refractivity contribution >= 4 is 45.7 Å². The molecule has 0 unspecified atom stereocenters. The van der Waals surface area contributed by atoms with Crippen LogP contribution in [-0.4, -0.2) is 9.97 Å². The van der Waals surface area contributed by atoms with Gasteiger partial charge < -0.3 is 0 Å². The van der Waals surface area contributed by atoms with E-state index < -0.39 is 0 Å². The highest BCUT2D eigenvalue weighted by Gasteiger charge is 2.12. The minimum atomic E-state index is -0.371.